The number of carboxylic acids is 1. The van der Waals surface area contributed by atoms with Crippen molar-refractivity contribution in [3.05, 3.63) is 34.9 Å². The molecule has 1 N–H and O–H groups in total. The SMILES string of the molecule is CC1(C(=O)O)CCCN1C(=O)Cc1ccc2c(c1)CCCC2. The Morgan fingerprint density at radius 2 is 1.91 bits per heavy atom. The van der Waals surface area contributed by atoms with Crippen LogP contribution in [0.25, 0.3) is 0 Å². The Bertz CT molecular complexity index is 610. The standard InChI is InChI=1S/C18H23NO3/c1-18(17(21)22)9-4-10-19(18)16(20)12-13-7-8-14-5-2-3-6-15(14)11-13/h7-8,11H,2-6,9-10,12H2,1H3,(H,21,22). The molecule has 4 heteroatoms. The van der Waals surface area contributed by atoms with Gasteiger partial charge in [0.2, 0.25) is 5.91 Å². The van der Waals surface area contributed by atoms with Crippen LogP contribution in [0, 0.1) is 0 Å². The van der Waals surface area contributed by atoms with Gasteiger partial charge in [0.25, 0.3) is 0 Å². The molecule has 22 heavy (non-hydrogen) atoms. The Labute approximate surface area is 131 Å². The second-order valence-corrected chi connectivity index (χ2v) is 6.71. The Hall–Kier alpha value is -1.84. The number of carbonyl (C=O) groups excluding carboxylic acids is 1. The summed E-state index contributed by atoms with van der Waals surface area (Å²) in [5.41, 5.74) is 2.73. The van der Waals surface area contributed by atoms with E-state index in [1.54, 1.807) is 11.8 Å². The number of rotatable bonds is 3. The second-order valence-electron chi connectivity index (χ2n) is 6.71. The van der Waals surface area contributed by atoms with Crippen molar-refractivity contribution < 1.29 is 14.7 Å². The molecule has 0 radical (unpaired) electrons. The minimum Gasteiger partial charge on any atom is -0.480 e. The second kappa shape index (κ2) is 5.75. The molecule has 1 aromatic carbocycles. The van der Waals surface area contributed by atoms with Gasteiger partial charge in [-0.25, -0.2) is 4.79 Å². The van der Waals surface area contributed by atoms with Crippen LogP contribution in [0.5, 0.6) is 0 Å². The van der Waals surface area contributed by atoms with Gasteiger partial charge in [0, 0.05) is 6.54 Å². The normalized spacial score (nSPS) is 24.1. The van der Waals surface area contributed by atoms with E-state index in [2.05, 4.69) is 12.1 Å². The van der Waals surface area contributed by atoms with E-state index >= 15 is 0 Å². The highest BCUT2D eigenvalue weighted by atomic mass is 16.4. The summed E-state index contributed by atoms with van der Waals surface area (Å²) in [4.78, 5) is 25.6. The van der Waals surface area contributed by atoms with E-state index in [0.29, 0.717) is 19.4 Å². The smallest absolute Gasteiger partial charge is 0.329 e. The van der Waals surface area contributed by atoms with Crippen molar-refractivity contribution in [2.24, 2.45) is 0 Å². The first-order valence-corrected chi connectivity index (χ1v) is 8.15. The lowest BCUT2D eigenvalue weighted by molar-refractivity contribution is -0.155. The van der Waals surface area contributed by atoms with E-state index in [-0.39, 0.29) is 5.91 Å². The van der Waals surface area contributed by atoms with Crippen molar-refractivity contribution in [2.75, 3.05) is 6.54 Å². The summed E-state index contributed by atoms with van der Waals surface area (Å²) in [7, 11) is 0. The fraction of sp³-hybridized carbons (Fsp3) is 0.556. The van der Waals surface area contributed by atoms with Crippen LogP contribution in [-0.2, 0) is 28.9 Å². The molecule has 2 aliphatic rings. The van der Waals surface area contributed by atoms with Gasteiger partial charge < -0.3 is 10.0 Å². The van der Waals surface area contributed by atoms with Crippen molar-refractivity contribution in [2.45, 2.75) is 57.4 Å². The summed E-state index contributed by atoms with van der Waals surface area (Å²) in [5.74, 6) is -0.970. The number of aryl methyl sites for hydroxylation is 2. The van der Waals surface area contributed by atoms with E-state index in [1.165, 1.54) is 24.0 Å². The molecule has 0 saturated carbocycles. The Kier molecular flexibility index (Phi) is 3.94. The number of amides is 1. The number of fused-ring (bicyclic) bond motifs is 1. The highest BCUT2D eigenvalue weighted by Gasteiger charge is 2.45. The molecule has 0 bridgehead atoms. The van der Waals surface area contributed by atoms with Gasteiger partial charge in [-0.2, -0.15) is 0 Å². The monoisotopic (exact) mass is 301 g/mol. The molecule has 0 aromatic heterocycles. The van der Waals surface area contributed by atoms with Gasteiger partial charge in [0.1, 0.15) is 5.54 Å². The summed E-state index contributed by atoms with van der Waals surface area (Å²) in [5, 5.41) is 9.42. The summed E-state index contributed by atoms with van der Waals surface area (Å²) < 4.78 is 0. The fourth-order valence-electron chi connectivity index (χ4n) is 3.75. The van der Waals surface area contributed by atoms with Gasteiger partial charge in [-0.05, 0) is 62.1 Å². The lowest BCUT2D eigenvalue weighted by atomic mass is 9.90. The number of hydrogen-bond acceptors (Lipinski definition) is 2. The van der Waals surface area contributed by atoms with Gasteiger partial charge >= 0.3 is 5.97 Å². The van der Waals surface area contributed by atoms with Crippen LogP contribution >= 0.6 is 0 Å². The summed E-state index contributed by atoms with van der Waals surface area (Å²) in [6.45, 7) is 2.21. The van der Waals surface area contributed by atoms with Crippen molar-refractivity contribution in [3.8, 4) is 0 Å². The van der Waals surface area contributed by atoms with Gasteiger partial charge in [0.05, 0.1) is 6.42 Å². The zero-order valence-corrected chi connectivity index (χ0v) is 13.1. The average Bonchev–Trinajstić information content (AvgIpc) is 2.90. The molecule has 4 nitrogen and oxygen atoms in total. The van der Waals surface area contributed by atoms with Gasteiger partial charge in [0.15, 0.2) is 0 Å². The maximum atomic E-state index is 12.6. The molecule has 1 amide bonds. The maximum absolute atomic E-state index is 12.6. The predicted octanol–water partition coefficient (Wildman–Crippen LogP) is 2.57. The number of carbonyl (C=O) groups is 2. The first-order valence-electron chi connectivity index (χ1n) is 8.15. The van der Waals surface area contributed by atoms with E-state index in [0.717, 1.165) is 24.8 Å². The third-order valence-corrected chi connectivity index (χ3v) is 5.17. The zero-order valence-electron chi connectivity index (χ0n) is 13.1. The molecular weight excluding hydrogens is 278 g/mol. The highest BCUT2D eigenvalue weighted by molar-refractivity contribution is 5.88. The number of aliphatic carboxylic acids is 1. The van der Waals surface area contributed by atoms with E-state index < -0.39 is 11.5 Å². The molecule has 3 rings (SSSR count). The van der Waals surface area contributed by atoms with Gasteiger partial charge in [-0.15, -0.1) is 0 Å². The van der Waals surface area contributed by atoms with Crippen molar-refractivity contribution in [1.29, 1.82) is 0 Å². The van der Waals surface area contributed by atoms with Crippen molar-refractivity contribution >= 4 is 11.9 Å². The quantitative estimate of drug-likeness (QED) is 0.933. The predicted molar refractivity (Wildman–Crippen MR) is 83.8 cm³/mol. The average molecular weight is 301 g/mol. The summed E-state index contributed by atoms with van der Waals surface area (Å²) in [6.07, 6.45) is 6.29. The number of carboxylic acid groups (broad SMARTS) is 1. The number of hydrogen-bond donors (Lipinski definition) is 1. The zero-order chi connectivity index (χ0) is 15.7. The van der Waals surface area contributed by atoms with Crippen molar-refractivity contribution in [3.63, 3.8) is 0 Å². The highest BCUT2D eigenvalue weighted by Crippen LogP contribution is 2.30. The number of nitrogens with zero attached hydrogens (tertiary/aromatic N) is 1. The number of benzene rings is 1. The van der Waals surface area contributed by atoms with Crippen LogP contribution < -0.4 is 0 Å². The van der Waals surface area contributed by atoms with Crippen LogP contribution in [0.15, 0.2) is 18.2 Å². The molecule has 1 aliphatic carbocycles. The third kappa shape index (κ3) is 2.62. The van der Waals surface area contributed by atoms with Crippen LogP contribution in [-0.4, -0.2) is 34.0 Å². The molecule has 0 spiro atoms. The molecule has 118 valence electrons. The minimum absolute atomic E-state index is 0.0711. The molecule has 1 aliphatic heterocycles. The van der Waals surface area contributed by atoms with Crippen LogP contribution in [0.2, 0.25) is 0 Å². The lowest BCUT2D eigenvalue weighted by Crippen LogP contribution is -2.51. The Morgan fingerprint density at radius 1 is 1.18 bits per heavy atom. The van der Waals surface area contributed by atoms with Crippen molar-refractivity contribution in [1.82, 2.24) is 4.90 Å². The topological polar surface area (TPSA) is 57.6 Å². The maximum Gasteiger partial charge on any atom is 0.329 e. The first kappa shape index (κ1) is 15.1. The van der Waals surface area contributed by atoms with Crippen LogP contribution in [0.1, 0.15) is 49.3 Å². The van der Waals surface area contributed by atoms with Gasteiger partial charge in [-0.3, -0.25) is 4.79 Å². The molecule has 1 fully saturated rings. The Morgan fingerprint density at radius 3 is 2.64 bits per heavy atom. The Balaban J connectivity index is 1.75. The van der Waals surface area contributed by atoms with Gasteiger partial charge in [-0.1, -0.05) is 18.2 Å². The van der Waals surface area contributed by atoms with E-state index in [4.69, 9.17) is 0 Å². The van der Waals surface area contributed by atoms with Crippen LogP contribution in [0.3, 0.4) is 0 Å². The molecule has 1 atom stereocenters. The fourth-order valence-corrected chi connectivity index (χ4v) is 3.75. The molecule has 1 unspecified atom stereocenters. The largest absolute Gasteiger partial charge is 0.480 e. The molecule has 1 heterocycles. The molecule has 1 aromatic rings. The number of likely N-dealkylation sites (tertiary alicyclic amines) is 1. The third-order valence-electron chi connectivity index (χ3n) is 5.17. The van der Waals surface area contributed by atoms with E-state index in [1.807, 2.05) is 6.07 Å². The summed E-state index contributed by atoms with van der Waals surface area (Å²) >= 11 is 0. The summed E-state index contributed by atoms with van der Waals surface area (Å²) in [6, 6.07) is 6.30. The van der Waals surface area contributed by atoms with E-state index in [9.17, 15) is 14.7 Å². The molecule has 1 saturated heterocycles. The lowest BCUT2D eigenvalue weighted by Gasteiger charge is -2.31. The molecular formula is C18H23NO3. The first-order chi connectivity index (χ1) is 10.5. The van der Waals surface area contributed by atoms with Crippen LogP contribution in [0.4, 0.5) is 0 Å². The minimum atomic E-state index is -1.04.